The van der Waals surface area contributed by atoms with E-state index in [-0.39, 0.29) is 22.2 Å². The molecule has 10 heteroatoms. The Kier molecular flexibility index (Phi) is 3.25. The summed E-state index contributed by atoms with van der Waals surface area (Å²) in [6.45, 7) is 0. The summed E-state index contributed by atoms with van der Waals surface area (Å²) in [6.07, 6.45) is 0.949. The fourth-order valence-corrected chi connectivity index (χ4v) is 2.11. The molecule has 0 atom stereocenters. The van der Waals surface area contributed by atoms with Crippen molar-refractivity contribution < 1.29 is 13.3 Å². The average molecular weight is 303 g/mol. The summed E-state index contributed by atoms with van der Waals surface area (Å²) in [6, 6.07) is 3.82. The second-order valence-corrected chi connectivity index (χ2v) is 5.77. The number of anilines is 1. The van der Waals surface area contributed by atoms with Crippen molar-refractivity contribution in [3.63, 3.8) is 0 Å². The predicted octanol–water partition coefficient (Wildman–Crippen LogP) is 1.56. The number of non-ortho nitro benzene ring substituents is 1. The van der Waals surface area contributed by atoms with Gasteiger partial charge in [-0.05, 0) is 6.07 Å². The number of nitrogens with one attached hydrogen (secondary N) is 1. The highest BCUT2D eigenvalue weighted by molar-refractivity contribution is 7.92. The smallest absolute Gasteiger partial charge is 0.265 e. The molecular weight excluding hydrogens is 296 g/mol. The zero-order chi connectivity index (χ0) is 14.2. The van der Waals surface area contributed by atoms with Crippen molar-refractivity contribution >= 4 is 44.2 Å². The normalized spacial score (nSPS) is 11.5. The molecule has 0 saturated heterocycles. The van der Waals surface area contributed by atoms with Gasteiger partial charge in [-0.15, -0.1) is 0 Å². The Morgan fingerprint density at radius 3 is 2.58 bits per heavy atom. The highest BCUT2D eigenvalue weighted by Crippen LogP contribution is 2.24. The molecule has 0 amide bonds. The Morgan fingerprint density at radius 2 is 2.00 bits per heavy atom. The standard InChI is InChI=1S/C9H7ClN4O4S/c1-19(17,18)13-9-8(10)11-7-4-5(14(15)16)2-3-6(7)12-9/h2-4H,1H3,(H,12,13). The Labute approximate surface area is 112 Å². The molecular formula is C9H7ClN4O4S. The van der Waals surface area contributed by atoms with Crippen LogP contribution < -0.4 is 4.72 Å². The molecule has 0 bridgehead atoms. The lowest BCUT2D eigenvalue weighted by molar-refractivity contribution is -0.384. The van der Waals surface area contributed by atoms with Gasteiger partial charge in [-0.2, -0.15) is 0 Å². The molecule has 0 fully saturated rings. The van der Waals surface area contributed by atoms with E-state index in [4.69, 9.17) is 11.6 Å². The highest BCUT2D eigenvalue weighted by atomic mass is 35.5. The Balaban J connectivity index is 2.58. The van der Waals surface area contributed by atoms with E-state index < -0.39 is 14.9 Å². The van der Waals surface area contributed by atoms with E-state index >= 15 is 0 Å². The summed E-state index contributed by atoms with van der Waals surface area (Å²) in [5.41, 5.74) is 0.348. The molecule has 19 heavy (non-hydrogen) atoms. The lowest BCUT2D eigenvalue weighted by Gasteiger charge is -2.06. The van der Waals surface area contributed by atoms with Crippen LogP contribution >= 0.6 is 11.6 Å². The number of nitro benzene ring substituents is 1. The van der Waals surface area contributed by atoms with E-state index in [1.807, 2.05) is 0 Å². The number of rotatable bonds is 3. The van der Waals surface area contributed by atoms with Gasteiger partial charge >= 0.3 is 0 Å². The van der Waals surface area contributed by atoms with Gasteiger partial charge in [0.1, 0.15) is 0 Å². The minimum absolute atomic E-state index is 0.120. The van der Waals surface area contributed by atoms with Crippen LogP contribution in [0.2, 0.25) is 5.15 Å². The summed E-state index contributed by atoms with van der Waals surface area (Å²) in [4.78, 5) is 17.9. The van der Waals surface area contributed by atoms with Gasteiger partial charge in [0, 0.05) is 12.1 Å². The van der Waals surface area contributed by atoms with Crippen LogP contribution in [0.5, 0.6) is 0 Å². The van der Waals surface area contributed by atoms with E-state index in [0.717, 1.165) is 6.26 Å². The lowest BCUT2D eigenvalue weighted by Crippen LogP contribution is -2.11. The fraction of sp³-hybridized carbons (Fsp3) is 0.111. The largest absolute Gasteiger partial charge is 0.271 e. The van der Waals surface area contributed by atoms with Crippen molar-refractivity contribution in [2.45, 2.75) is 0 Å². The van der Waals surface area contributed by atoms with Crippen LogP contribution in [0.15, 0.2) is 18.2 Å². The zero-order valence-electron chi connectivity index (χ0n) is 9.49. The third-order valence-electron chi connectivity index (χ3n) is 2.10. The topological polar surface area (TPSA) is 115 Å². The molecule has 0 aliphatic rings. The van der Waals surface area contributed by atoms with Crippen LogP contribution in [0, 0.1) is 10.1 Å². The Bertz CT molecular complexity index is 777. The number of benzene rings is 1. The minimum atomic E-state index is -3.54. The third-order valence-corrected chi connectivity index (χ3v) is 2.93. The summed E-state index contributed by atoms with van der Waals surface area (Å²) < 4.78 is 24.3. The van der Waals surface area contributed by atoms with Crippen LogP contribution in [0.25, 0.3) is 11.0 Å². The van der Waals surface area contributed by atoms with Crippen LogP contribution in [0.1, 0.15) is 0 Å². The molecule has 0 aliphatic carbocycles. The quantitative estimate of drug-likeness (QED) is 0.679. The Morgan fingerprint density at radius 1 is 1.32 bits per heavy atom. The molecule has 0 unspecified atom stereocenters. The van der Waals surface area contributed by atoms with Crippen LogP contribution in [0.3, 0.4) is 0 Å². The van der Waals surface area contributed by atoms with Crippen LogP contribution in [-0.4, -0.2) is 29.6 Å². The van der Waals surface area contributed by atoms with Gasteiger partial charge < -0.3 is 0 Å². The average Bonchev–Trinajstić information content (AvgIpc) is 2.27. The van der Waals surface area contributed by atoms with E-state index in [1.54, 1.807) is 0 Å². The second-order valence-electron chi connectivity index (χ2n) is 3.67. The molecule has 0 saturated carbocycles. The first kappa shape index (κ1) is 13.4. The maximum atomic E-state index is 11.1. The van der Waals surface area contributed by atoms with Crippen molar-refractivity contribution in [2.24, 2.45) is 0 Å². The number of hydrogen-bond acceptors (Lipinski definition) is 6. The molecule has 1 heterocycles. The number of hydrogen-bond donors (Lipinski definition) is 1. The molecule has 2 aromatic rings. The molecule has 2 rings (SSSR count). The number of fused-ring (bicyclic) bond motifs is 1. The molecule has 1 N–H and O–H groups in total. The van der Waals surface area contributed by atoms with Crippen molar-refractivity contribution in [3.05, 3.63) is 33.5 Å². The fourth-order valence-electron chi connectivity index (χ4n) is 1.38. The van der Waals surface area contributed by atoms with Crippen molar-refractivity contribution in [1.29, 1.82) is 0 Å². The summed E-state index contributed by atoms with van der Waals surface area (Å²) in [7, 11) is -3.54. The zero-order valence-corrected chi connectivity index (χ0v) is 11.1. The first-order valence-electron chi connectivity index (χ1n) is 4.86. The van der Waals surface area contributed by atoms with Gasteiger partial charge in [0.2, 0.25) is 10.0 Å². The summed E-state index contributed by atoms with van der Waals surface area (Å²) >= 11 is 5.77. The van der Waals surface area contributed by atoms with E-state index in [1.165, 1.54) is 18.2 Å². The Hall–Kier alpha value is -2.00. The molecule has 1 aromatic carbocycles. The maximum Gasteiger partial charge on any atom is 0.271 e. The SMILES string of the molecule is CS(=O)(=O)Nc1nc2ccc([N+](=O)[O-])cc2nc1Cl. The van der Waals surface area contributed by atoms with Gasteiger partial charge in [0.25, 0.3) is 5.69 Å². The molecule has 0 spiro atoms. The third kappa shape index (κ3) is 3.06. The summed E-state index contributed by atoms with van der Waals surface area (Å²) in [5, 5.41) is 10.4. The second kappa shape index (κ2) is 4.59. The van der Waals surface area contributed by atoms with E-state index in [2.05, 4.69) is 14.7 Å². The van der Waals surface area contributed by atoms with Gasteiger partial charge in [0.05, 0.1) is 22.2 Å². The van der Waals surface area contributed by atoms with Gasteiger partial charge in [0.15, 0.2) is 11.0 Å². The molecule has 100 valence electrons. The summed E-state index contributed by atoms with van der Waals surface area (Å²) in [5.74, 6) is -0.120. The minimum Gasteiger partial charge on any atom is -0.265 e. The molecule has 8 nitrogen and oxygen atoms in total. The van der Waals surface area contributed by atoms with E-state index in [9.17, 15) is 18.5 Å². The number of sulfonamides is 1. The van der Waals surface area contributed by atoms with E-state index in [0.29, 0.717) is 5.52 Å². The number of nitrogens with zero attached hydrogens (tertiary/aromatic N) is 3. The maximum absolute atomic E-state index is 11.1. The lowest BCUT2D eigenvalue weighted by atomic mass is 10.2. The predicted molar refractivity (Wildman–Crippen MR) is 69.7 cm³/mol. The van der Waals surface area contributed by atoms with Crippen molar-refractivity contribution in [2.75, 3.05) is 11.0 Å². The number of halogens is 1. The van der Waals surface area contributed by atoms with Gasteiger partial charge in [-0.1, -0.05) is 11.6 Å². The van der Waals surface area contributed by atoms with Crippen LogP contribution in [0.4, 0.5) is 11.5 Å². The van der Waals surface area contributed by atoms with Gasteiger partial charge in [-0.25, -0.2) is 18.4 Å². The van der Waals surface area contributed by atoms with Crippen molar-refractivity contribution in [1.82, 2.24) is 9.97 Å². The number of nitro groups is 1. The molecule has 0 radical (unpaired) electrons. The first-order chi connectivity index (χ1) is 8.76. The number of aromatic nitrogens is 2. The van der Waals surface area contributed by atoms with Crippen molar-refractivity contribution in [3.8, 4) is 0 Å². The highest BCUT2D eigenvalue weighted by Gasteiger charge is 2.13. The first-order valence-corrected chi connectivity index (χ1v) is 7.13. The molecule has 0 aliphatic heterocycles. The van der Waals surface area contributed by atoms with Gasteiger partial charge in [-0.3, -0.25) is 14.8 Å². The molecule has 1 aromatic heterocycles. The monoisotopic (exact) mass is 302 g/mol. The van der Waals surface area contributed by atoms with Crippen LogP contribution in [-0.2, 0) is 10.0 Å².